The van der Waals surface area contributed by atoms with Crippen LogP contribution in [0.5, 0.6) is 0 Å². The van der Waals surface area contributed by atoms with E-state index >= 15 is 0 Å². The standard InChI is InChI=1S/C9H13N3O2S/c1-5-7-6-8(12(2)3)11-9(10-7)15(4,13)14/h5-6H,1H2,2-4H3. The molecule has 0 amide bonds. The van der Waals surface area contributed by atoms with Gasteiger partial charge >= 0.3 is 0 Å². The molecule has 0 aliphatic rings. The Morgan fingerprint density at radius 2 is 2.00 bits per heavy atom. The Bertz CT molecular complexity index is 480. The molecule has 15 heavy (non-hydrogen) atoms. The maximum atomic E-state index is 11.3. The summed E-state index contributed by atoms with van der Waals surface area (Å²) in [5, 5.41) is -0.177. The topological polar surface area (TPSA) is 63.2 Å². The van der Waals surface area contributed by atoms with Crippen LogP contribution in [0.3, 0.4) is 0 Å². The summed E-state index contributed by atoms with van der Waals surface area (Å²) in [7, 11) is 0.170. The lowest BCUT2D eigenvalue weighted by Gasteiger charge is -2.12. The molecule has 0 unspecified atom stereocenters. The summed E-state index contributed by atoms with van der Waals surface area (Å²) in [6, 6.07) is 1.67. The molecule has 1 rings (SSSR count). The highest BCUT2D eigenvalue weighted by atomic mass is 32.2. The molecule has 1 aromatic rings. The number of aromatic nitrogens is 2. The summed E-state index contributed by atoms with van der Waals surface area (Å²) in [6.07, 6.45) is 2.57. The van der Waals surface area contributed by atoms with Crippen LogP contribution in [0.2, 0.25) is 0 Å². The second-order valence-electron chi connectivity index (χ2n) is 3.30. The van der Waals surface area contributed by atoms with Crippen LogP contribution in [0.4, 0.5) is 5.82 Å². The summed E-state index contributed by atoms with van der Waals surface area (Å²) in [6.45, 7) is 3.55. The maximum Gasteiger partial charge on any atom is 0.249 e. The van der Waals surface area contributed by atoms with E-state index in [-0.39, 0.29) is 5.16 Å². The van der Waals surface area contributed by atoms with Crippen LogP contribution in [0.25, 0.3) is 6.08 Å². The molecule has 1 aromatic heterocycles. The van der Waals surface area contributed by atoms with Crippen LogP contribution < -0.4 is 4.90 Å². The number of rotatable bonds is 3. The lowest BCUT2D eigenvalue weighted by atomic mass is 10.4. The predicted octanol–water partition coefficient (Wildman–Crippen LogP) is 0.589. The molecule has 0 aromatic carbocycles. The number of hydrogen-bond donors (Lipinski definition) is 0. The van der Waals surface area contributed by atoms with Crippen molar-refractivity contribution in [3.8, 4) is 0 Å². The Morgan fingerprint density at radius 3 is 2.40 bits per heavy atom. The van der Waals surface area contributed by atoms with Gasteiger partial charge in [-0.15, -0.1) is 0 Å². The predicted molar refractivity (Wildman–Crippen MR) is 59.6 cm³/mol. The second-order valence-corrected chi connectivity index (χ2v) is 5.21. The van der Waals surface area contributed by atoms with E-state index in [1.165, 1.54) is 6.08 Å². The molecule has 0 atom stereocenters. The van der Waals surface area contributed by atoms with Crippen molar-refractivity contribution in [2.24, 2.45) is 0 Å². The Balaban J connectivity index is 3.43. The average molecular weight is 227 g/mol. The zero-order valence-electron chi connectivity index (χ0n) is 8.93. The highest BCUT2D eigenvalue weighted by molar-refractivity contribution is 7.90. The van der Waals surface area contributed by atoms with Gasteiger partial charge in [0.1, 0.15) is 5.82 Å². The summed E-state index contributed by atoms with van der Waals surface area (Å²) >= 11 is 0. The Kier molecular flexibility index (Phi) is 3.09. The van der Waals surface area contributed by atoms with E-state index in [0.29, 0.717) is 11.5 Å². The van der Waals surface area contributed by atoms with Gasteiger partial charge in [-0.25, -0.2) is 18.4 Å². The van der Waals surface area contributed by atoms with E-state index in [9.17, 15) is 8.42 Å². The number of nitrogens with zero attached hydrogens (tertiary/aromatic N) is 3. The van der Waals surface area contributed by atoms with Crippen LogP contribution in [-0.4, -0.2) is 38.7 Å². The van der Waals surface area contributed by atoms with Crippen LogP contribution in [0, 0.1) is 0 Å². The first kappa shape index (κ1) is 11.6. The van der Waals surface area contributed by atoms with Gasteiger partial charge in [-0.3, -0.25) is 0 Å². The van der Waals surface area contributed by atoms with E-state index in [4.69, 9.17) is 0 Å². The van der Waals surface area contributed by atoms with Gasteiger partial charge in [-0.1, -0.05) is 6.58 Å². The zero-order chi connectivity index (χ0) is 11.6. The van der Waals surface area contributed by atoms with Crippen molar-refractivity contribution < 1.29 is 8.42 Å². The number of hydrogen-bond acceptors (Lipinski definition) is 5. The van der Waals surface area contributed by atoms with Crippen molar-refractivity contribution in [1.29, 1.82) is 0 Å². The van der Waals surface area contributed by atoms with Gasteiger partial charge in [-0.05, 0) is 6.08 Å². The Hall–Kier alpha value is -1.43. The molecule has 0 radical (unpaired) electrons. The zero-order valence-corrected chi connectivity index (χ0v) is 9.74. The molecular weight excluding hydrogens is 214 g/mol. The lowest BCUT2D eigenvalue weighted by Crippen LogP contribution is -2.14. The van der Waals surface area contributed by atoms with E-state index in [1.807, 2.05) is 0 Å². The average Bonchev–Trinajstić information content (AvgIpc) is 2.15. The van der Waals surface area contributed by atoms with Crippen LogP contribution in [0.15, 0.2) is 17.8 Å². The van der Waals surface area contributed by atoms with Crippen LogP contribution >= 0.6 is 0 Å². The van der Waals surface area contributed by atoms with Gasteiger partial charge in [0.15, 0.2) is 0 Å². The maximum absolute atomic E-state index is 11.3. The largest absolute Gasteiger partial charge is 0.363 e. The third-order valence-corrected chi connectivity index (χ3v) is 2.56. The van der Waals surface area contributed by atoms with Crippen molar-refractivity contribution in [2.45, 2.75) is 5.16 Å². The normalized spacial score (nSPS) is 11.1. The minimum atomic E-state index is -3.39. The van der Waals surface area contributed by atoms with Gasteiger partial charge < -0.3 is 4.90 Å². The third kappa shape index (κ3) is 2.76. The Morgan fingerprint density at radius 1 is 1.40 bits per heavy atom. The lowest BCUT2D eigenvalue weighted by molar-refractivity contribution is 0.592. The smallest absolute Gasteiger partial charge is 0.249 e. The minimum absolute atomic E-state index is 0.177. The molecule has 0 N–H and O–H groups in total. The first-order chi connectivity index (χ1) is 6.84. The molecule has 1 heterocycles. The van der Waals surface area contributed by atoms with Crippen molar-refractivity contribution in [2.75, 3.05) is 25.3 Å². The minimum Gasteiger partial charge on any atom is -0.363 e. The molecule has 5 nitrogen and oxygen atoms in total. The molecule has 0 aliphatic carbocycles. The monoisotopic (exact) mass is 227 g/mol. The summed E-state index contributed by atoms with van der Waals surface area (Å²) < 4.78 is 22.6. The van der Waals surface area contributed by atoms with Crippen LogP contribution in [0.1, 0.15) is 5.69 Å². The molecule has 6 heteroatoms. The van der Waals surface area contributed by atoms with Crippen molar-refractivity contribution in [3.63, 3.8) is 0 Å². The fourth-order valence-corrected chi connectivity index (χ4v) is 1.46. The van der Waals surface area contributed by atoms with Crippen LogP contribution in [-0.2, 0) is 9.84 Å². The van der Waals surface area contributed by atoms with E-state index in [1.54, 1.807) is 25.1 Å². The van der Waals surface area contributed by atoms with Crippen molar-refractivity contribution in [1.82, 2.24) is 9.97 Å². The van der Waals surface area contributed by atoms with Gasteiger partial charge in [-0.2, -0.15) is 0 Å². The quantitative estimate of drug-likeness (QED) is 0.707. The highest BCUT2D eigenvalue weighted by Crippen LogP contribution is 2.13. The molecule has 0 spiro atoms. The van der Waals surface area contributed by atoms with E-state index in [2.05, 4.69) is 16.5 Å². The molecule has 82 valence electrons. The second kappa shape index (κ2) is 3.98. The number of anilines is 1. The van der Waals surface area contributed by atoms with E-state index in [0.717, 1.165) is 6.26 Å². The highest BCUT2D eigenvalue weighted by Gasteiger charge is 2.13. The van der Waals surface area contributed by atoms with Crippen molar-refractivity contribution >= 4 is 21.7 Å². The van der Waals surface area contributed by atoms with E-state index < -0.39 is 9.84 Å². The van der Waals surface area contributed by atoms with Gasteiger partial charge in [0.2, 0.25) is 15.0 Å². The number of sulfone groups is 1. The third-order valence-electron chi connectivity index (χ3n) is 1.71. The van der Waals surface area contributed by atoms with Gasteiger partial charge in [0, 0.05) is 26.4 Å². The summed E-state index contributed by atoms with van der Waals surface area (Å²) in [5.74, 6) is 0.542. The molecule has 0 saturated heterocycles. The molecular formula is C9H13N3O2S. The molecule has 0 bridgehead atoms. The van der Waals surface area contributed by atoms with Gasteiger partial charge in [0.05, 0.1) is 5.69 Å². The first-order valence-electron chi connectivity index (χ1n) is 4.23. The summed E-state index contributed by atoms with van der Waals surface area (Å²) in [5.41, 5.74) is 0.495. The molecule has 0 aliphatic heterocycles. The summed E-state index contributed by atoms with van der Waals surface area (Å²) in [4.78, 5) is 9.50. The molecule has 0 saturated carbocycles. The van der Waals surface area contributed by atoms with Crippen molar-refractivity contribution in [3.05, 3.63) is 18.3 Å². The SMILES string of the molecule is C=Cc1cc(N(C)C)nc(S(C)(=O)=O)n1. The first-order valence-corrected chi connectivity index (χ1v) is 6.12. The fraction of sp³-hybridized carbons (Fsp3) is 0.333. The Labute approximate surface area is 89.4 Å². The fourth-order valence-electron chi connectivity index (χ4n) is 0.930. The molecule has 0 fully saturated rings. The van der Waals surface area contributed by atoms with Gasteiger partial charge in [0.25, 0.3) is 0 Å².